The third-order valence-electron chi connectivity index (χ3n) is 3.31. The topological polar surface area (TPSA) is 64.8 Å². The Bertz CT molecular complexity index is 458. The molecule has 0 radical (unpaired) electrons. The zero-order chi connectivity index (χ0) is 13.8. The van der Waals surface area contributed by atoms with Gasteiger partial charge in [0.25, 0.3) is 0 Å². The summed E-state index contributed by atoms with van der Waals surface area (Å²) in [5.41, 5.74) is 6.68. The van der Waals surface area contributed by atoms with Crippen molar-refractivity contribution in [2.45, 2.75) is 18.9 Å². The third kappa shape index (κ3) is 3.38. The van der Waals surface area contributed by atoms with E-state index >= 15 is 0 Å². The van der Waals surface area contributed by atoms with E-state index in [1.165, 1.54) is 20.0 Å². The van der Waals surface area contributed by atoms with Crippen molar-refractivity contribution in [3.8, 4) is 5.75 Å². The Kier molecular flexibility index (Phi) is 4.27. The van der Waals surface area contributed by atoms with Crippen molar-refractivity contribution in [1.82, 2.24) is 4.90 Å². The zero-order valence-corrected chi connectivity index (χ0v) is 11.4. The first-order valence-electron chi connectivity index (χ1n) is 6.43. The number of hydrogen-bond acceptors (Lipinski definition) is 5. The van der Waals surface area contributed by atoms with Gasteiger partial charge in [-0.1, -0.05) is 6.07 Å². The molecule has 104 valence electrons. The van der Waals surface area contributed by atoms with Crippen LogP contribution in [0.15, 0.2) is 18.2 Å². The fraction of sp³-hybridized carbons (Fsp3) is 0.500. The van der Waals surface area contributed by atoms with Gasteiger partial charge in [0.05, 0.1) is 12.8 Å². The summed E-state index contributed by atoms with van der Waals surface area (Å²) in [4.78, 5) is 13.9. The molecule has 1 fully saturated rings. The summed E-state index contributed by atoms with van der Waals surface area (Å²) < 4.78 is 10.4. The molecule has 1 aliphatic rings. The van der Waals surface area contributed by atoms with Crippen LogP contribution < -0.4 is 10.5 Å². The highest BCUT2D eigenvalue weighted by molar-refractivity contribution is 5.94. The van der Waals surface area contributed by atoms with Gasteiger partial charge in [0.15, 0.2) is 5.75 Å². The molecule has 0 atom stereocenters. The lowest BCUT2D eigenvalue weighted by molar-refractivity contribution is 0.0595. The molecule has 0 aliphatic heterocycles. The van der Waals surface area contributed by atoms with Crippen molar-refractivity contribution in [2.75, 3.05) is 33.0 Å². The number of esters is 1. The number of ether oxygens (including phenoxy) is 2. The van der Waals surface area contributed by atoms with Crippen molar-refractivity contribution in [3.63, 3.8) is 0 Å². The van der Waals surface area contributed by atoms with Gasteiger partial charge in [-0.15, -0.1) is 0 Å². The number of nitrogens with zero attached hydrogens (tertiary/aromatic N) is 1. The van der Waals surface area contributed by atoms with Crippen molar-refractivity contribution < 1.29 is 14.3 Å². The summed E-state index contributed by atoms with van der Waals surface area (Å²) in [6.45, 7) is 1.32. The van der Waals surface area contributed by atoms with Crippen LogP contribution in [0.5, 0.6) is 5.75 Å². The Hall–Kier alpha value is -1.75. The van der Waals surface area contributed by atoms with Crippen molar-refractivity contribution >= 4 is 11.7 Å². The molecule has 19 heavy (non-hydrogen) atoms. The summed E-state index contributed by atoms with van der Waals surface area (Å²) in [5, 5.41) is 0. The normalized spacial score (nSPS) is 14.5. The number of para-hydroxylation sites is 1. The Balaban J connectivity index is 1.99. The maximum atomic E-state index is 11.6. The van der Waals surface area contributed by atoms with E-state index in [1.807, 2.05) is 0 Å². The van der Waals surface area contributed by atoms with E-state index in [9.17, 15) is 4.79 Å². The SMILES string of the molecule is COC(=O)c1cccc(N)c1OCCN(C)C1CC1. The first-order chi connectivity index (χ1) is 9.13. The van der Waals surface area contributed by atoms with Crippen LogP contribution in [-0.4, -0.2) is 44.2 Å². The first-order valence-corrected chi connectivity index (χ1v) is 6.43. The van der Waals surface area contributed by atoms with Crippen LogP contribution in [0.2, 0.25) is 0 Å². The number of anilines is 1. The minimum Gasteiger partial charge on any atom is -0.489 e. The molecule has 5 nitrogen and oxygen atoms in total. The monoisotopic (exact) mass is 264 g/mol. The average Bonchev–Trinajstić information content (AvgIpc) is 3.23. The van der Waals surface area contributed by atoms with Crippen LogP contribution >= 0.6 is 0 Å². The van der Waals surface area contributed by atoms with Gasteiger partial charge in [-0.2, -0.15) is 0 Å². The second-order valence-electron chi connectivity index (χ2n) is 4.78. The number of nitrogens with two attached hydrogens (primary N) is 1. The molecule has 0 unspecified atom stereocenters. The van der Waals surface area contributed by atoms with Crippen LogP contribution in [-0.2, 0) is 4.74 Å². The molecule has 0 spiro atoms. The molecular formula is C14H20N2O3. The smallest absolute Gasteiger partial charge is 0.341 e. The summed E-state index contributed by atoms with van der Waals surface area (Å²) in [5.74, 6) is -0.0172. The van der Waals surface area contributed by atoms with E-state index in [0.29, 0.717) is 29.6 Å². The molecule has 0 saturated heterocycles. The number of hydrogen-bond donors (Lipinski definition) is 1. The maximum absolute atomic E-state index is 11.6. The number of carbonyl (C=O) groups excluding carboxylic acids is 1. The largest absolute Gasteiger partial charge is 0.489 e. The standard InChI is InChI=1S/C14H20N2O3/c1-16(10-6-7-10)8-9-19-13-11(14(17)18-2)4-3-5-12(13)15/h3-5,10H,6-9,15H2,1-2H3. The quantitative estimate of drug-likeness (QED) is 0.623. The van der Waals surface area contributed by atoms with E-state index in [1.54, 1.807) is 18.2 Å². The van der Waals surface area contributed by atoms with Gasteiger partial charge in [-0.3, -0.25) is 0 Å². The molecule has 5 heteroatoms. The van der Waals surface area contributed by atoms with E-state index in [4.69, 9.17) is 15.2 Å². The fourth-order valence-electron chi connectivity index (χ4n) is 1.98. The highest BCUT2D eigenvalue weighted by atomic mass is 16.5. The molecule has 1 aliphatic carbocycles. The lowest BCUT2D eigenvalue weighted by Crippen LogP contribution is -2.26. The number of nitrogen functional groups attached to an aromatic ring is 1. The predicted octanol–water partition coefficient (Wildman–Crippen LogP) is 1.53. The number of methoxy groups -OCH3 is 1. The second-order valence-corrected chi connectivity index (χ2v) is 4.78. The van der Waals surface area contributed by atoms with E-state index in [0.717, 1.165) is 6.54 Å². The summed E-state index contributed by atoms with van der Waals surface area (Å²) in [7, 11) is 3.42. The van der Waals surface area contributed by atoms with Crippen LogP contribution in [0.1, 0.15) is 23.2 Å². The lowest BCUT2D eigenvalue weighted by Gasteiger charge is -2.17. The van der Waals surface area contributed by atoms with Crippen LogP contribution in [0.3, 0.4) is 0 Å². The Morgan fingerprint density at radius 3 is 2.84 bits per heavy atom. The highest BCUT2D eigenvalue weighted by Gasteiger charge is 2.25. The van der Waals surface area contributed by atoms with Gasteiger partial charge >= 0.3 is 5.97 Å². The molecular weight excluding hydrogens is 244 g/mol. The highest BCUT2D eigenvalue weighted by Crippen LogP contribution is 2.28. The predicted molar refractivity (Wildman–Crippen MR) is 73.3 cm³/mol. The lowest BCUT2D eigenvalue weighted by atomic mass is 10.2. The van der Waals surface area contributed by atoms with Crippen LogP contribution in [0.25, 0.3) is 0 Å². The van der Waals surface area contributed by atoms with Gasteiger partial charge in [0.2, 0.25) is 0 Å². The average molecular weight is 264 g/mol. The molecule has 0 aromatic heterocycles. The molecule has 2 rings (SSSR count). The Labute approximate surface area is 113 Å². The number of rotatable bonds is 6. The van der Waals surface area contributed by atoms with Crippen LogP contribution in [0.4, 0.5) is 5.69 Å². The molecule has 1 saturated carbocycles. The minimum atomic E-state index is -0.433. The first kappa shape index (κ1) is 13.7. The van der Waals surface area contributed by atoms with Crippen LogP contribution in [0, 0.1) is 0 Å². The van der Waals surface area contributed by atoms with Gasteiger partial charge < -0.3 is 20.1 Å². The summed E-state index contributed by atoms with van der Waals surface area (Å²) in [6, 6.07) is 5.77. The zero-order valence-electron chi connectivity index (χ0n) is 11.4. The van der Waals surface area contributed by atoms with Gasteiger partial charge in [-0.25, -0.2) is 4.79 Å². The fourth-order valence-corrected chi connectivity index (χ4v) is 1.98. The van der Waals surface area contributed by atoms with Crippen molar-refractivity contribution in [1.29, 1.82) is 0 Å². The number of likely N-dealkylation sites (N-methyl/N-ethyl adjacent to an activating group) is 1. The minimum absolute atomic E-state index is 0.372. The Morgan fingerprint density at radius 1 is 1.47 bits per heavy atom. The number of carbonyl (C=O) groups is 1. The van der Waals surface area contributed by atoms with Crippen molar-refractivity contribution in [3.05, 3.63) is 23.8 Å². The summed E-state index contributed by atoms with van der Waals surface area (Å²) >= 11 is 0. The van der Waals surface area contributed by atoms with Gasteiger partial charge in [-0.05, 0) is 32.0 Å². The molecule has 1 aromatic rings. The van der Waals surface area contributed by atoms with E-state index in [2.05, 4.69) is 11.9 Å². The molecule has 0 amide bonds. The number of benzene rings is 1. The molecule has 2 N–H and O–H groups in total. The van der Waals surface area contributed by atoms with Crippen molar-refractivity contribution in [2.24, 2.45) is 0 Å². The summed E-state index contributed by atoms with van der Waals surface area (Å²) in [6.07, 6.45) is 2.52. The second kappa shape index (κ2) is 5.93. The Morgan fingerprint density at radius 2 is 2.21 bits per heavy atom. The van der Waals surface area contributed by atoms with E-state index < -0.39 is 5.97 Å². The molecule has 0 bridgehead atoms. The molecule has 1 aromatic carbocycles. The van der Waals surface area contributed by atoms with Gasteiger partial charge in [0, 0.05) is 12.6 Å². The van der Waals surface area contributed by atoms with E-state index in [-0.39, 0.29) is 0 Å². The molecule has 0 heterocycles. The third-order valence-corrected chi connectivity index (χ3v) is 3.31. The maximum Gasteiger partial charge on any atom is 0.341 e. The van der Waals surface area contributed by atoms with Gasteiger partial charge in [0.1, 0.15) is 12.2 Å².